The summed E-state index contributed by atoms with van der Waals surface area (Å²) in [6.07, 6.45) is 0. The topological polar surface area (TPSA) is 52.0 Å². The number of alkyl halides is 3. The molecular formula is C9H12ClF3N2S. The van der Waals surface area contributed by atoms with Crippen molar-refractivity contribution in [2.24, 2.45) is 11.5 Å². The molecule has 0 saturated heterocycles. The summed E-state index contributed by atoms with van der Waals surface area (Å²) >= 11 is -0.143. The Bertz CT molecular complexity index is 316. The molecule has 1 atom stereocenters. The van der Waals surface area contributed by atoms with Gasteiger partial charge in [-0.1, -0.05) is 12.1 Å². The molecule has 0 aromatic heterocycles. The minimum absolute atomic E-state index is 0. The van der Waals surface area contributed by atoms with E-state index in [1.54, 1.807) is 12.1 Å². The maximum atomic E-state index is 12.0. The molecule has 0 fully saturated rings. The lowest BCUT2D eigenvalue weighted by molar-refractivity contribution is -0.0328. The van der Waals surface area contributed by atoms with Gasteiger partial charge < -0.3 is 11.5 Å². The minimum atomic E-state index is -4.25. The van der Waals surface area contributed by atoms with Crippen LogP contribution in [0.25, 0.3) is 0 Å². The predicted octanol–water partition coefficient (Wildman–Crippen LogP) is 2.68. The van der Waals surface area contributed by atoms with E-state index in [1.807, 2.05) is 0 Å². The Hall–Kier alpha value is -0.430. The summed E-state index contributed by atoms with van der Waals surface area (Å²) in [4.78, 5) is 0.149. The van der Waals surface area contributed by atoms with Crippen molar-refractivity contribution in [2.45, 2.75) is 16.4 Å². The summed E-state index contributed by atoms with van der Waals surface area (Å²) in [5.74, 6) is 0. The Labute approximate surface area is 102 Å². The summed E-state index contributed by atoms with van der Waals surface area (Å²) in [5, 5.41) is 0. The van der Waals surface area contributed by atoms with Crippen LogP contribution in [-0.4, -0.2) is 12.1 Å². The summed E-state index contributed by atoms with van der Waals surface area (Å²) in [6, 6.07) is 5.58. The highest BCUT2D eigenvalue weighted by atomic mass is 35.5. The van der Waals surface area contributed by atoms with Gasteiger partial charge in [0.25, 0.3) is 0 Å². The molecule has 0 radical (unpaired) electrons. The molecule has 0 unspecified atom stereocenters. The van der Waals surface area contributed by atoms with Crippen molar-refractivity contribution in [3.05, 3.63) is 29.8 Å². The quantitative estimate of drug-likeness (QED) is 0.832. The summed E-state index contributed by atoms with van der Waals surface area (Å²) in [5.41, 5.74) is 7.44. The van der Waals surface area contributed by atoms with Crippen molar-refractivity contribution >= 4 is 24.2 Å². The number of thioether (sulfide) groups is 1. The Morgan fingerprint density at radius 1 is 1.19 bits per heavy atom. The number of nitrogens with two attached hydrogens (primary N) is 2. The van der Waals surface area contributed by atoms with Crippen LogP contribution in [0.1, 0.15) is 11.6 Å². The average molecular weight is 273 g/mol. The standard InChI is InChI=1S/C9H11F3N2S.ClH/c10-9(11,12)15-7-3-1-6(2-4-7)8(14)5-13;/h1-4,8H,5,13-14H2;1H/t8-;/m1./s1. The van der Waals surface area contributed by atoms with Gasteiger partial charge in [0, 0.05) is 17.5 Å². The lowest BCUT2D eigenvalue weighted by Gasteiger charge is -2.10. The van der Waals surface area contributed by atoms with E-state index in [9.17, 15) is 13.2 Å². The molecule has 1 aromatic rings. The molecule has 0 aliphatic carbocycles. The molecule has 2 nitrogen and oxygen atoms in total. The van der Waals surface area contributed by atoms with E-state index >= 15 is 0 Å². The molecule has 7 heteroatoms. The highest BCUT2D eigenvalue weighted by Gasteiger charge is 2.29. The zero-order valence-corrected chi connectivity index (χ0v) is 9.83. The van der Waals surface area contributed by atoms with Gasteiger partial charge in [0.15, 0.2) is 0 Å². The molecule has 0 spiro atoms. The highest BCUT2D eigenvalue weighted by Crippen LogP contribution is 2.36. The van der Waals surface area contributed by atoms with Gasteiger partial charge in [-0.05, 0) is 29.5 Å². The van der Waals surface area contributed by atoms with Crippen LogP contribution in [0, 0.1) is 0 Å². The van der Waals surface area contributed by atoms with E-state index in [4.69, 9.17) is 11.5 Å². The third kappa shape index (κ3) is 5.07. The van der Waals surface area contributed by atoms with Crippen LogP contribution in [0.5, 0.6) is 0 Å². The normalized spacial score (nSPS) is 13.1. The molecule has 0 aliphatic rings. The zero-order chi connectivity index (χ0) is 11.5. The van der Waals surface area contributed by atoms with Gasteiger partial charge in [-0.2, -0.15) is 13.2 Å². The van der Waals surface area contributed by atoms with Crippen LogP contribution in [0.4, 0.5) is 13.2 Å². The molecule has 0 bridgehead atoms. The fraction of sp³-hybridized carbons (Fsp3) is 0.333. The molecule has 4 N–H and O–H groups in total. The van der Waals surface area contributed by atoms with Crippen LogP contribution in [0.3, 0.4) is 0 Å². The number of hydrogen-bond acceptors (Lipinski definition) is 3. The molecule has 1 rings (SSSR count). The largest absolute Gasteiger partial charge is 0.446 e. The van der Waals surface area contributed by atoms with Crippen LogP contribution in [-0.2, 0) is 0 Å². The fourth-order valence-corrected chi connectivity index (χ4v) is 1.59. The molecule has 0 saturated carbocycles. The van der Waals surface area contributed by atoms with Crippen LogP contribution in [0.15, 0.2) is 29.2 Å². The monoisotopic (exact) mass is 272 g/mol. The van der Waals surface area contributed by atoms with Gasteiger partial charge >= 0.3 is 5.51 Å². The van der Waals surface area contributed by atoms with Gasteiger partial charge in [-0.3, -0.25) is 0 Å². The molecule has 1 aromatic carbocycles. The zero-order valence-electron chi connectivity index (χ0n) is 8.20. The first kappa shape index (κ1) is 15.6. The Morgan fingerprint density at radius 3 is 2.06 bits per heavy atom. The van der Waals surface area contributed by atoms with Crippen molar-refractivity contribution in [2.75, 3.05) is 6.54 Å². The van der Waals surface area contributed by atoms with Crippen LogP contribution < -0.4 is 11.5 Å². The first-order valence-corrected chi connectivity index (χ1v) is 5.05. The molecule has 0 aliphatic heterocycles. The van der Waals surface area contributed by atoms with E-state index in [-0.39, 0.29) is 41.7 Å². The number of hydrogen-bond donors (Lipinski definition) is 2. The fourth-order valence-electron chi connectivity index (χ4n) is 1.05. The third-order valence-electron chi connectivity index (χ3n) is 1.80. The Morgan fingerprint density at radius 2 is 1.69 bits per heavy atom. The smallest absolute Gasteiger partial charge is 0.329 e. The SMILES string of the molecule is Cl.NC[C@@H](N)c1ccc(SC(F)(F)F)cc1. The Balaban J connectivity index is 0.00000225. The minimum Gasteiger partial charge on any atom is -0.329 e. The van der Waals surface area contributed by atoms with E-state index in [1.165, 1.54) is 12.1 Å². The first-order chi connectivity index (χ1) is 6.92. The molecular weight excluding hydrogens is 261 g/mol. The summed E-state index contributed by atoms with van der Waals surface area (Å²) in [6.45, 7) is 0.270. The third-order valence-corrected chi connectivity index (χ3v) is 2.54. The molecule has 16 heavy (non-hydrogen) atoms. The van der Waals surface area contributed by atoms with Crippen molar-refractivity contribution in [1.29, 1.82) is 0 Å². The van der Waals surface area contributed by atoms with Crippen molar-refractivity contribution in [3.8, 4) is 0 Å². The number of rotatable bonds is 3. The van der Waals surface area contributed by atoms with E-state index in [0.29, 0.717) is 0 Å². The lowest BCUT2D eigenvalue weighted by atomic mass is 10.1. The van der Waals surface area contributed by atoms with Gasteiger partial charge in [0.2, 0.25) is 0 Å². The second-order valence-electron chi connectivity index (χ2n) is 2.96. The van der Waals surface area contributed by atoms with Crippen LogP contribution >= 0.6 is 24.2 Å². The number of benzene rings is 1. The molecule has 0 amide bonds. The second-order valence-corrected chi connectivity index (χ2v) is 4.10. The maximum Gasteiger partial charge on any atom is 0.446 e. The van der Waals surface area contributed by atoms with E-state index in [0.717, 1.165) is 5.56 Å². The van der Waals surface area contributed by atoms with Crippen LogP contribution in [0.2, 0.25) is 0 Å². The number of halogens is 4. The van der Waals surface area contributed by atoms with Gasteiger partial charge in [-0.25, -0.2) is 0 Å². The summed E-state index contributed by atoms with van der Waals surface area (Å²) < 4.78 is 36.0. The van der Waals surface area contributed by atoms with Crippen molar-refractivity contribution < 1.29 is 13.2 Å². The van der Waals surface area contributed by atoms with E-state index in [2.05, 4.69) is 0 Å². The predicted molar refractivity (Wildman–Crippen MR) is 61.6 cm³/mol. The van der Waals surface area contributed by atoms with Gasteiger partial charge in [-0.15, -0.1) is 12.4 Å². The molecule has 0 heterocycles. The summed E-state index contributed by atoms with van der Waals surface area (Å²) in [7, 11) is 0. The molecule has 92 valence electrons. The maximum absolute atomic E-state index is 12.0. The van der Waals surface area contributed by atoms with Crippen molar-refractivity contribution in [1.82, 2.24) is 0 Å². The highest BCUT2D eigenvalue weighted by molar-refractivity contribution is 8.00. The second kappa shape index (κ2) is 6.34. The van der Waals surface area contributed by atoms with E-state index < -0.39 is 5.51 Å². The Kier molecular flexibility index (Phi) is 6.17. The van der Waals surface area contributed by atoms with Crippen molar-refractivity contribution in [3.63, 3.8) is 0 Å². The lowest BCUT2D eigenvalue weighted by Crippen LogP contribution is -2.20. The van der Waals surface area contributed by atoms with Gasteiger partial charge in [0.05, 0.1) is 0 Å². The first-order valence-electron chi connectivity index (χ1n) is 4.24. The average Bonchev–Trinajstić information content (AvgIpc) is 2.15. The van der Waals surface area contributed by atoms with Gasteiger partial charge in [0.1, 0.15) is 0 Å².